The van der Waals surface area contributed by atoms with Crippen molar-refractivity contribution in [1.82, 2.24) is 4.90 Å². The largest absolute Gasteiger partial charge is 0.456 e. The van der Waals surface area contributed by atoms with Gasteiger partial charge in [-0.25, -0.2) is 4.79 Å². The summed E-state index contributed by atoms with van der Waals surface area (Å²) < 4.78 is 5.06. The Morgan fingerprint density at radius 2 is 1.89 bits per heavy atom. The van der Waals surface area contributed by atoms with E-state index in [0.29, 0.717) is 5.57 Å². The average molecular weight is 263 g/mol. The van der Waals surface area contributed by atoms with Gasteiger partial charge in [-0.3, -0.25) is 4.79 Å². The Balaban J connectivity index is 1.92. The Morgan fingerprint density at radius 3 is 2.47 bits per heavy atom. The van der Waals surface area contributed by atoms with Crippen LogP contribution >= 0.6 is 0 Å². The van der Waals surface area contributed by atoms with Crippen LogP contribution in [-0.2, 0) is 14.3 Å². The highest BCUT2D eigenvalue weighted by molar-refractivity contribution is 5.94. The van der Waals surface area contributed by atoms with Crippen molar-refractivity contribution in [3.8, 4) is 0 Å². The molecule has 1 saturated carbocycles. The molecule has 3 aliphatic rings. The summed E-state index contributed by atoms with van der Waals surface area (Å²) >= 11 is 0. The maximum atomic E-state index is 12.9. The Hall–Kier alpha value is -1.32. The second kappa shape index (κ2) is 4.36. The molecular formula is C15H21NO3. The number of hydrogen-bond acceptors (Lipinski definition) is 3. The number of rotatable bonds is 1. The number of hydrogen-bond donors (Lipinski definition) is 0. The third kappa shape index (κ3) is 1.80. The van der Waals surface area contributed by atoms with E-state index in [0.717, 1.165) is 37.8 Å². The first kappa shape index (κ1) is 12.7. The molecule has 2 fully saturated rings. The fourth-order valence-corrected chi connectivity index (χ4v) is 3.95. The molecule has 2 aliphatic heterocycles. The second-order valence-electron chi connectivity index (χ2n) is 6.22. The molecule has 19 heavy (non-hydrogen) atoms. The molecule has 0 aromatic heterocycles. The van der Waals surface area contributed by atoms with Crippen LogP contribution in [0.1, 0.15) is 52.4 Å². The molecular weight excluding hydrogens is 242 g/mol. The van der Waals surface area contributed by atoms with E-state index in [1.54, 1.807) is 6.92 Å². The van der Waals surface area contributed by atoms with Crippen LogP contribution in [0.5, 0.6) is 0 Å². The zero-order valence-electron chi connectivity index (χ0n) is 11.7. The van der Waals surface area contributed by atoms with Crippen LogP contribution in [0, 0.1) is 5.41 Å². The maximum Gasteiger partial charge on any atom is 0.336 e. The summed E-state index contributed by atoms with van der Waals surface area (Å²) in [5.74, 6) is -0.0491. The van der Waals surface area contributed by atoms with Gasteiger partial charge in [-0.1, -0.05) is 19.3 Å². The van der Waals surface area contributed by atoms with Crippen molar-refractivity contribution in [2.24, 2.45) is 5.41 Å². The normalized spacial score (nSPS) is 30.4. The van der Waals surface area contributed by atoms with Gasteiger partial charge in [-0.05, 0) is 33.1 Å². The molecule has 3 rings (SSSR count). The smallest absolute Gasteiger partial charge is 0.336 e. The number of ether oxygens (including phenoxy) is 1. The first-order valence-electron chi connectivity index (χ1n) is 7.26. The van der Waals surface area contributed by atoms with Crippen LogP contribution in [0.4, 0.5) is 0 Å². The number of esters is 1. The third-order valence-electron chi connectivity index (χ3n) is 4.98. The summed E-state index contributed by atoms with van der Waals surface area (Å²) in [6.45, 7) is 4.11. The van der Waals surface area contributed by atoms with E-state index in [2.05, 4.69) is 6.92 Å². The van der Waals surface area contributed by atoms with E-state index in [9.17, 15) is 9.59 Å². The minimum absolute atomic E-state index is 0.156. The Labute approximate surface area is 113 Å². The van der Waals surface area contributed by atoms with Crippen molar-refractivity contribution < 1.29 is 14.3 Å². The van der Waals surface area contributed by atoms with E-state index in [4.69, 9.17) is 4.74 Å². The van der Waals surface area contributed by atoms with Gasteiger partial charge in [0.05, 0.1) is 16.7 Å². The van der Waals surface area contributed by atoms with Crippen molar-refractivity contribution in [2.45, 2.75) is 58.4 Å². The van der Waals surface area contributed by atoms with Crippen LogP contribution in [0.25, 0.3) is 0 Å². The number of nitrogens with zero attached hydrogens (tertiary/aromatic N) is 1. The Bertz CT molecular complexity index is 460. The van der Waals surface area contributed by atoms with E-state index >= 15 is 0 Å². The number of carbonyl (C=O) groups excluding carboxylic acids is 2. The van der Waals surface area contributed by atoms with Crippen molar-refractivity contribution in [2.75, 3.05) is 6.61 Å². The average Bonchev–Trinajstić information content (AvgIpc) is 2.82. The lowest BCUT2D eigenvalue weighted by atomic mass is 9.72. The molecule has 1 spiro atoms. The van der Waals surface area contributed by atoms with Gasteiger partial charge >= 0.3 is 5.97 Å². The molecule has 0 aromatic carbocycles. The van der Waals surface area contributed by atoms with Crippen molar-refractivity contribution in [3.05, 3.63) is 11.3 Å². The fraction of sp³-hybridized carbons (Fsp3) is 0.733. The highest BCUT2D eigenvalue weighted by atomic mass is 16.5. The van der Waals surface area contributed by atoms with Crippen molar-refractivity contribution in [1.29, 1.82) is 0 Å². The van der Waals surface area contributed by atoms with Gasteiger partial charge in [0, 0.05) is 6.04 Å². The van der Waals surface area contributed by atoms with E-state index < -0.39 is 0 Å². The number of carbonyl (C=O) groups is 2. The number of likely N-dealkylation sites (tertiary alicyclic amines) is 1. The zero-order valence-corrected chi connectivity index (χ0v) is 11.7. The van der Waals surface area contributed by atoms with Crippen molar-refractivity contribution >= 4 is 11.9 Å². The topological polar surface area (TPSA) is 46.6 Å². The first-order chi connectivity index (χ1) is 9.05. The zero-order chi connectivity index (χ0) is 13.6. The summed E-state index contributed by atoms with van der Waals surface area (Å²) in [6.07, 6.45) is 6.49. The van der Waals surface area contributed by atoms with E-state index in [1.165, 1.54) is 6.42 Å². The molecule has 1 atom stereocenters. The van der Waals surface area contributed by atoms with E-state index in [1.807, 2.05) is 4.90 Å². The minimum atomic E-state index is -0.278. The van der Waals surface area contributed by atoms with Crippen LogP contribution in [0.2, 0.25) is 0 Å². The number of cyclic esters (lactones) is 1. The summed E-state index contributed by atoms with van der Waals surface area (Å²) in [7, 11) is 0. The van der Waals surface area contributed by atoms with Gasteiger partial charge in [0.1, 0.15) is 6.61 Å². The first-order valence-corrected chi connectivity index (χ1v) is 7.26. The predicted molar refractivity (Wildman–Crippen MR) is 70.1 cm³/mol. The van der Waals surface area contributed by atoms with Gasteiger partial charge in [0.15, 0.2) is 0 Å². The Morgan fingerprint density at radius 1 is 1.21 bits per heavy atom. The molecule has 0 N–H and O–H groups in total. The van der Waals surface area contributed by atoms with Crippen LogP contribution in [-0.4, -0.2) is 29.4 Å². The lowest BCUT2D eigenvalue weighted by Gasteiger charge is -2.31. The summed E-state index contributed by atoms with van der Waals surface area (Å²) in [4.78, 5) is 26.2. The fourth-order valence-electron chi connectivity index (χ4n) is 3.95. The Kier molecular flexibility index (Phi) is 2.91. The van der Waals surface area contributed by atoms with Gasteiger partial charge in [-0.2, -0.15) is 0 Å². The van der Waals surface area contributed by atoms with Gasteiger partial charge in [-0.15, -0.1) is 0 Å². The monoisotopic (exact) mass is 263 g/mol. The molecule has 4 nitrogen and oxygen atoms in total. The number of amides is 1. The van der Waals surface area contributed by atoms with Crippen molar-refractivity contribution in [3.63, 3.8) is 0 Å². The van der Waals surface area contributed by atoms with Crippen LogP contribution in [0.15, 0.2) is 11.3 Å². The molecule has 0 bridgehead atoms. The van der Waals surface area contributed by atoms with Gasteiger partial charge < -0.3 is 9.64 Å². The lowest BCUT2D eigenvalue weighted by Crippen LogP contribution is -2.37. The van der Waals surface area contributed by atoms with Gasteiger partial charge in [0.25, 0.3) is 0 Å². The molecule has 4 heteroatoms. The molecule has 1 aliphatic carbocycles. The standard InChI is InChI=1S/C15H21NO3/c1-10-8-15(6-4-3-5-7-15)14(18)16(10)12-9-19-13(17)11(12)2/h10H,3-9H2,1-2H3/t10-/m0/s1. The minimum Gasteiger partial charge on any atom is -0.456 e. The molecule has 0 unspecified atom stereocenters. The lowest BCUT2D eigenvalue weighted by molar-refractivity contribution is -0.138. The highest BCUT2D eigenvalue weighted by Gasteiger charge is 2.52. The molecule has 104 valence electrons. The maximum absolute atomic E-state index is 12.9. The molecule has 0 aromatic rings. The quantitative estimate of drug-likeness (QED) is 0.682. The molecule has 1 saturated heterocycles. The van der Waals surface area contributed by atoms with Gasteiger partial charge in [0.2, 0.25) is 5.91 Å². The highest BCUT2D eigenvalue weighted by Crippen LogP contribution is 2.48. The predicted octanol–water partition coefficient (Wildman–Crippen LogP) is 2.39. The van der Waals surface area contributed by atoms with Crippen LogP contribution in [0.3, 0.4) is 0 Å². The second-order valence-corrected chi connectivity index (χ2v) is 6.22. The SMILES string of the molecule is CC1=C(N2C(=O)C3(CCCCC3)C[C@@H]2C)COC1=O. The molecule has 0 radical (unpaired) electrons. The molecule has 2 heterocycles. The van der Waals surface area contributed by atoms with E-state index in [-0.39, 0.29) is 29.9 Å². The summed E-state index contributed by atoms with van der Waals surface area (Å²) in [5, 5.41) is 0. The van der Waals surface area contributed by atoms with Crippen LogP contribution < -0.4 is 0 Å². The summed E-state index contributed by atoms with van der Waals surface area (Å²) in [6, 6.07) is 0.185. The summed E-state index contributed by atoms with van der Waals surface area (Å²) in [5.41, 5.74) is 1.24. The molecule has 1 amide bonds. The third-order valence-corrected chi connectivity index (χ3v) is 4.98.